The van der Waals surface area contributed by atoms with E-state index in [0.717, 1.165) is 23.8 Å². The molecule has 3 aliphatic carbocycles. The number of hydrogen-bond donors (Lipinski definition) is 0. The molecule has 0 N–H and O–H groups in total. The second-order valence-corrected chi connectivity index (χ2v) is 5.47. The van der Waals surface area contributed by atoms with Crippen molar-refractivity contribution in [2.45, 2.75) is 50.5 Å². The summed E-state index contributed by atoms with van der Waals surface area (Å²) < 4.78 is 2.36. The first kappa shape index (κ1) is 8.31. The SMILES string of the molecule is c1nnc(C2C3CCCCC32)n1C1CC1. The Balaban J connectivity index is 1.63. The van der Waals surface area contributed by atoms with Crippen molar-refractivity contribution in [3.8, 4) is 0 Å². The summed E-state index contributed by atoms with van der Waals surface area (Å²) in [5.41, 5.74) is 0. The summed E-state index contributed by atoms with van der Waals surface area (Å²) >= 11 is 0. The van der Waals surface area contributed by atoms with E-state index < -0.39 is 0 Å². The van der Waals surface area contributed by atoms with Crippen LogP contribution in [0.15, 0.2) is 6.33 Å². The maximum Gasteiger partial charge on any atom is 0.136 e. The highest BCUT2D eigenvalue weighted by Gasteiger charge is 2.54. The molecular weight excluding hydrogens is 186 g/mol. The van der Waals surface area contributed by atoms with Crippen molar-refractivity contribution in [2.24, 2.45) is 11.8 Å². The summed E-state index contributed by atoms with van der Waals surface area (Å²) in [7, 11) is 0. The molecule has 2 unspecified atom stereocenters. The Kier molecular flexibility index (Phi) is 1.57. The summed E-state index contributed by atoms with van der Waals surface area (Å²) in [5.74, 6) is 4.01. The zero-order chi connectivity index (χ0) is 9.83. The first-order valence-corrected chi connectivity index (χ1v) is 6.34. The lowest BCUT2D eigenvalue weighted by molar-refractivity contribution is 0.480. The third-order valence-corrected chi connectivity index (χ3v) is 4.50. The van der Waals surface area contributed by atoms with Gasteiger partial charge in [0.05, 0.1) is 0 Å². The molecule has 0 bridgehead atoms. The number of hydrogen-bond acceptors (Lipinski definition) is 2. The zero-order valence-corrected chi connectivity index (χ0v) is 8.97. The summed E-state index contributed by atoms with van der Waals surface area (Å²) in [6.07, 6.45) is 10.4. The minimum Gasteiger partial charge on any atom is -0.314 e. The predicted octanol–water partition coefficient (Wildman–Crippen LogP) is 2.52. The van der Waals surface area contributed by atoms with Gasteiger partial charge < -0.3 is 4.57 Å². The van der Waals surface area contributed by atoms with Crippen LogP contribution in [0, 0.1) is 11.8 Å². The molecule has 0 aliphatic heterocycles. The molecule has 4 rings (SSSR count). The molecule has 15 heavy (non-hydrogen) atoms. The maximum atomic E-state index is 4.38. The van der Waals surface area contributed by atoms with Crippen LogP contribution >= 0.6 is 0 Å². The van der Waals surface area contributed by atoms with Crippen molar-refractivity contribution in [3.05, 3.63) is 12.2 Å². The second-order valence-electron chi connectivity index (χ2n) is 5.47. The largest absolute Gasteiger partial charge is 0.314 e. The van der Waals surface area contributed by atoms with E-state index in [1.54, 1.807) is 0 Å². The van der Waals surface area contributed by atoms with Gasteiger partial charge in [-0.05, 0) is 37.5 Å². The first-order chi connectivity index (χ1) is 7.45. The minimum absolute atomic E-state index is 0.748. The second kappa shape index (κ2) is 2.83. The zero-order valence-electron chi connectivity index (χ0n) is 8.97. The van der Waals surface area contributed by atoms with Crippen LogP contribution in [-0.2, 0) is 0 Å². The average Bonchev–Trinajstić information content (AvgIpc) is 3.18. The van der Waals surface area contributed by atoms with Crippen LogP contribution in [0.3, 0.4) is 0 Å². The van der Waals surface area contributed by atoms with E-state index in [-0.39, 0.29) is 0 Å². The normalized spacial score (nSPS) is 38.8. The number of rotatable bonds is 2. The molecular formula is C12H17N3. The van der Waals surface area contributed by atoms with Crippen LogP contribution in [0.4, 0.5) is 0 Å². The van der Waals surface area contributed by atoms with Gasteiger partial charge in [-0.2, -0.15) is 0 Å². The van der Waals surface area contributed by atoms with Gasteiger partial charge in [-0.3, -0.25) is 0 Å². The molecule has 1 aromatic rings. The van der Waals surface area contributed by atoms with Crippen molar-refractivity contribution >= 4 is 0 Å². The highest BCUT2D eigenvalue weighted by molar-refractivity contribution is 5.17. The predicted molar refractivity (Wildman–Crippen MR) is 56.5 cm³/mol. The summed E-state index contributed by atoms with van der Waals surface area (Å²) in [4.78, 5) is 0. The summed E-state index contributed by atoms with van der Waals surface area (Å²) in [5, 5.41) is 8.49. The topological polar surface area (TPSA) is 30.7 Å². The third-order valence-electron chi connectivity index (χ3n) is 4.50. The Morgan fingerprint density at radius 2 is 1.80 bits per heavy atom. The molecule has 3 fully saturated rings. The summed E-state index contributed by atoms with van der Waals surface area (Å²) in [6, 6.07) is 0.748. The Morgan fingerprint density at radius 3 is 2.47 bits per heavy atom. The van der Waals surface area contributed by atoms with Gasteiger partial charge in [0.25, 0.3) is 0 Å². The fourth-order valence-electron chi connectivity index (χ4n) is 3.50. The van der Waals surface area contributed by atoms with Crippen LogP contribution in [-0.4, -0.2) is 14.8 Å². The van der Waals surface area contributed by atoms with Crippen LogP contribution in [0.1, 0.15) is 56.3 Å². The van der Waals surface area contributed by atoms with E-state index in [4.69, 9.17) is 0 Å². The van der Waals surface area contributed by atoms with Gasteiger partial charge in [-0.25, -0.2) is 0 Å². The first-order valence-electron chi connectivity index (χ1n) is 6.34. The number of aromatic nitrogens is 3. The van der Waals surface area contributed by atoms with E-state index in [1.165, 1.54) is 44.3 Å². The van der Waals surface area contributed by atoms with Gasteiger partial charge in [-0.15, -0.1) is 10.2 Å². The smallest absolute Gasteiger partial charge is 0.136 e. The van der Waals surface area contributed by atoms with E-state index in [1.807, 2.05) is 6.33 Å². The van der Waals surface area contributed by atoms with E-state index in [9.17, 15) is 0 Å². The van der Waals surface area contributed by atoms with E-state index in [2.05, 4.69) is 14.8 Å². The molecule has 1 aromatic heterocycles. The lowest BCUT2D eigenvalue weighted by Crippen LogP contribution is -2.00. The number of nitrogens with zero attached hydrogens (tertiary/aromatic N) is 3. The molecule has 80 valence electrons. The molecule has 0 saturated heterocycles. The highest BCUT2D eigenvalue weighted by Crippen LogP contribution is 2.61. The van der Waals surface area contributed by atoms with Crippen LogP contribution in [0.5, 0.6) is 0 Å². The van der Waals surface area contributed by atoms with Crippen LogP contribution in [0.2, 0.25) is 0 Å². The highest BCUT2D eigenvalue weighted by atomic mass is 15.3. The van der Waals surface area contributed by atoms with Gasteiger partial charge in [0.2, 0.25) is 0 Å². The molecule has 3 nitrogen and oxygen atoms in total. The van der Waals surface area contributed by atoms with Crippen molar-refractivity contribution in [1.29, 1.82) is 0 Å². The lowest BCUT2D eigenvalue weighted by Gasteiger charge is -2.04. The van der Waals surface area contributed by atoms with Crippen molar-refractivity contribution < 1.29 is 0 Å². The molecule has 0 amide bonds. The monoisotopic (exact) mass is 203 g/mol. The Hall–Kier alpha value is -0.860. The maximum absolute atomic E-state index is 4.38. The van der Waals surface area contributed by atoms with Crippen molar-refractivity contribution in [2.75, 3.05) is 0 Å². The van der Waals surface area contributed by atoms with E-state index >= 15 is 0 Å². The van der Waals surface area contributed by atoms with Crippen molar-refractivity contribution in [1.82, 2.24) is 14.8 Å². The molecule has 0 spiro atoms. The van der Waals surface area contributed by atoms with Gasteiger partial charge in [0, 0.05) is 12.0 Å². The molecule has 0 radical (unpaired) electrons. The lowest BCUT2D eigenvalue weighted by atomic mass is 10.0. The van der Waals surface area contributed by atoms with Crippen molar-refractivity contribution in [3.63, 3.8) is 0 Å². The molecule has 3 saturated carbocycles. The Labute approximate surface area is 89.9 Å². The fourth-order valence-corrected chi connectivity index (χ4v) is 3.50. The van der Waals surface area contributed by atoms with Crippen LogP contribution in [0.25, 0.3) is 0 Å². The Bertz CT molecular complexity index is 368. The third kappa shape index (κ3) is 1.18. The van der Waals surface area contributed by atoms with Crippen LogP contribution < -0.4 is 0 Å². The quantitative estimate of drug-likeness (QED) is 0.739. The van der Waals surface area contributed by atoms with Gasteiger partial charge in [-0.1, -0.05) is 12.8 Å². The standard InChI is InChI=1S/C12H17N3/c1-2-4-10-9(3-1)11(10)12-14-13-7-15(12)8-5-6-8/h7-11H,1-6H2. The molecule has 3 aliphatic rings. The average molecular weight is 203 g/mol. The molecule has 1 heterocycles. The Morgan fingerprint density at radius 1 is 1.07 bits per heavy atom. The fraction of sp³-hybridized carbons (Fsp3) is 0.833. The summed E-state index contributed by atoms with van der Waals surface area (Å²) in [6.45, 7) is 0. The van der Waals surface area contributed by atoms with Gasteiger partial charge in [0.1, 0.15) is 12.2 Å². The molecule has 2 atom stereocenters. The number of fused-ring (bicyclic) bond motifs is 1. The molecule has 0 aromatic carbocycles. The van der Waals surface area contributed by atoms with Gasteiger partial charge >= 0.3 is 0 Å². The molecule has 3 heteroatoms. The van der Waals surface area contributed by atoms with E-state index in [0.29, 0.717) is 0 Å². The minimum atomic E-state index is 0.748. The van der Waals surface area contributed by atoms with Gasteiger partial charge in [0.15, 0.2) is 0 Å².